The van der Waals surface area contributed by atoms with Crippen LogP contribution in [-0.2, 0) is 10.8 Å². The second kappa shape index (κ2) is 37.6. The van der Waals surface area contributed by atoms with Gasteiger partial charge in [-0.15, -0.1) is 0 Å². The maximum absolute atomic E-state index is 16.9. The van der Waals surface area contributed by atoms with Crippen molar-refractivity contribution in [2.45, 2.75) is 321 Å². The second-order valence-corrected chi connectivity index (χ2v) is 30.4. The Morgan fingerprint density at radius 3 is 0.871 bits per heavy atom. The first kappa shape index (κ1) is 73.2. The van der Waals surface area contributed by atoms with E-state index in [9.17, 15) is 0 Å². The van der Waals surface area contributed by atoms with Crippen molar-refractivity contribution in [2.24, 2.45) is 0 Å². The van der Waals surface area contributed by atoms with Crippen LogP contribution in [0.25, 0.3) is 66.8 Å². The minimum absolute atomic E-state index is 0.512. The predicted octanol–water partition coefficient (Wildman–Crippen LogP) is 28.8. The molecular weight excluding hydrogens is 1310 g/mol. The highest BCUT2D eigenvalue weighted by Gasteiger charge is 2.46. The van der Waals surface area contributed by atoms with E-state index >= 15 is 17.6 Å². The summed E-state index contributed by atoms with van der Waals surface area (Å²) in [6, 6.07) is 18.2. The summed E-state index contributed by atoms with van der Waals surface area (Å²) in [5.74, 6) is -2.09. The molecule has 93 heavy (non-hydrogen) atoms. The molecule has 2 aromatic heterocycles. The summed E-state index contributed by atoms with van der Waals surface area (Å²) in [6.45, 7) is 9.08. The molecule has 2 heterocycles. The van der Waals surface area contributed by atoms with Gasteiger partial charge in [0.15, 0.2) is 0 Å². The zero-order chi connectivity index (χ0) is 65.4. The molecule has 0 amide bonds. The van der Waals surface area contributed by atoms with Crippen LogP contribution in [0.4, 0.5) is 17.6 Å². The molecule has 0 radical (unpaired) electrons. The lowest BCUT2D eigenvalue weighted by molar-refractivity contribution is 0.394. The number of rotatable bonds is 46. The summed E-state index contributed by atoms with van der Waals surface area (Å²) in [5.41, 5.74) is 10.7. The summed E-state index contributed by atoms with van der Waals surface area (Å²) in [6.07, 6.45) is 51.4. The highest BCUT2D eigenvalue weighted by molar-refractivity contribution is 9.11. The Balaban J connectivity index is 1.13. The quantitative estimate of drug-likeness (QED) is 0.0282. The summed E-state index contributed by atoms with van der Waals surface area (Å²) in [4.78, 5) is 11.4. The molecule has 11 heteroatoms. The summed E-state index contributed by atoms with van der Waals surface area (Å²) >= 11 is 9.04. The average molecular weight is 1420 g/mol. The minimum atomic E-state index is -0.627. The molecular formula is C82H110Br2F4N4S. The molecule has 2 aliphatic carbocycles. The SMILES string of the molecule is CCCCCCCCCCCCC1(CCCCCCCCCCCC)c2cc(-c3nc4c(Br)c5nsnc5c(Br)c4nc3-c3ccc4c(c3)C(CCCCCCCCCCCC)(CCCCCCCCCCCC)c3cc(F)cc(F)c3-4)ccc2-c2c(F)cc(F)cc21. The third-order valence-electron chi connectivity index (χ3n) is 21.3. The molecule has 5 aromatic carbocycles. The molecule has 9 rings (SSSR count). The normalized spacial score (nSPS) is 13.6. The van der Waals surface area contributed by atoms with E-state index in [1.54, 1.807) is 12.1 Å². The van der Waals surface area contributed by atoms with Crippen molar-refractivity contribution in [3.05, 3.63) is 115 Å². The molecule has 0 saturated carbocycles. The second-order valence-electron chi connectivity index (χ2n) is 28.2. The first-order chi connectivity index (χ1) is 45.5. The van der Waals surface area contributed by atoms with Crippen LogP contribution in [-0.4, -0.2) is 18.7 Å². The number of nitrogens with zero attached hydrogens (tertiary/aromatic N) is 4. The Kier molecular flexibility index (Phi) is 29.6. The highest BCUT2D eigenvalue weighted by atomic mass is 79.9. The van der Waals surface area contributed by atoms with Crippen LogP contribution in [0.15, 0.2) is 69.6 Å². The Morgan fingerprint density at radius 1 is 0.323 bits per heavy atom. The van der Waals surface area contributed by atoms with Crippen molar-refractivity contribution < 1.29 is 17.6 Å². The van der Waals surface area contributed by atoms with Gasteiger partial charge in [-0.1, -0.05) is 309 Å². The van der Waals surface area contributed by atoms with Crippen molar-refractivity contribution in [2.75, 3.05) is 0 Å². The number of hydrogen-bond acceptors (Lipinski definition) is 5. The number of unbranched alkanes of at least 4 members (excludes halogenated alkanes) is 36. The van der Waals surface area contributed by atoms with E-state index in [0.717, 1.165) is 171 Å². The van der Waals surface area contributed by atoms with Gasteiger partial charge < -0.3 is 0 Å². The first-order valence-electron chi connectivity index (χ1n) is 37.6. The lowest BCUT2D eigenvalue weighted by atomic mass is 9.70. The van der Waals surface area contributed by atoms with E-state index in [2.05, 4.69) is 96.0 Å². The van der Waals surface area contributed by atoms with Gasteiger partial charge in [-0.2, -0.15) is 8.75 Å². The summed E-state index contributed by atoms with van der Waals surface area (Å²) in [7, 11) is 0. The van der Waals surface area contributed by atoms with Crippen LogP contribution in [0.3, 0.4) is 0 Å². The van der Waals surface area contributed by atoms with Gasteiger partial charge in [0, 0.05) is 45.2 Å². The largest absolute Gasteiger partial charge is 0.243 e. The maximum atomic E-state index is 16.9. The molecule has 0 N–H and O–H groups in total. The minimum Gasteiger partial charge on any atom is -0.243 e. The summed E-state index contributed by atoms with van der Waals surface area (Å²) in [5, 5.41) is 0. The van der Waals surface area contributed by atoms with E-state index in [1.807, 2.05) is 0 Å². The van der Waals surface area contributed by atoms with Crippen LogP contribution >= 0.6 is 43.6 Å². The van der Waals surface area contributed by atoms with E-state index in [4.69, 9.17) is 18.7 Å². The number of hydrogen-bond donors (Lipinski definition) is 0. The van der Waals surface area contributed by atoms with Gasteiger partial charge in [0.25, 0.3) is 0 Å². The molecule has 506 valence electrons. The van der Waals surface area contributed by atoms with Crippen molar-refractivity contribution in [1.82, 2.24) is 18.7 Å². The first-order valence-corrected chi connectivity index (χ1v) is 39.9. The molecule has 0 atom stereocenters. The van der Waals surface area contributed by atoms with Gasteiger partial charge in [0.05, 0.1) is 32.1 Å². The van der Waals surface area contributed by atoms with Gasteiger partial charge >= 0.3 is 0 Å². The van der Waals surface area contributed by atoms with Gasteiger partial charge in [-0.05, 0) is 115 Å². The van der Waals surface area contributed by atoms with Gasteiger partial charge in [-0.3, -0.25) is 0 Å². The van der Waals surface area contributed by atoms with Crippen LogP contribution in [0, 0.1) is 23.3 Å². The van der Waals surface area contributed by atoms with Crippen molar-refractivity contribution in [3.63, 3.8) is 0 Å². The molecule has 0 unspecified atom stereocenters. The lowest BCUT2D eigenvalue weighted by Crippen LogP contribution is -2.26. The monoisotopic (exact) mass is 1420 g/mol. The van der Waals surface area contributed by atoms with Crippen LogP contribution in [0.5, 0.6) is 0 Å². The average Bonchev–Trinajstić information content (AvgIpc) is 1.58. The van der Waals surface area contributed by atoms with Crippen molar-refractivity contribution in [1.29, 1.82) is 0 Å². The standard InChI is InChI=1S/C82H110Br2F4N4S/c1-5-9-13-17-21-25-29-33-37-41-49-81(50-42-38-34-30-26-22-18-14-10-6-2)65-53-59(45-47-63(65)71-67(81)55-61(85)57-69(71)87)75-76(90-78-74(84)80-79(91-93-92-80)73(83)77(78)89-75)60-46-48-64-66(54-60)82(68-56-62(86)58-70(88)72(64)68,51-43-39-35-31-27-23-19-15-11-7-3)52-44-40-36-32-28-24-20-16-12-8-4/h45-48,53-58H,5-44,49-52H2,1-4H3. The smallest absolute Gasteiger partial charge is 0.134 e. The number of fused-ring (bicyclic) bond motifs is 8. The van der Waals surface area contributed by atoms with Crippen LogP contribution in [0.1, 0.15) is 332 Å². The predicted molar refractivity (Wildman–Crippen MR) is 395 cm³/mol. The van der Waals surface area contributed by atoms with Crippen molar-refractivity contribution >= 4 is 65.7 Å². The van der Waals surface area contributed by atoms with Crippen LogP contribution < -0.4 is 0 Å². The molecule has 0 spiro atoms. The highest BCUT2D eigenvalue weighted by Crippen LogP contribution is 2.59. The number of halogens is 6. The van der Waals surface area contributed by atoms with E-state index in [-0.39, 0.29) is 0 Å². The van der Waals surface area contributed by atoms with E-state index in [0.29, 0.717) is 53.5 Å². The van der Waals surface area contributed by atoms with E-state index in [1.165, 1.54) is 180 Å². The van der Waals surface area contributed by atoms with Crippen molar-refractivity contribution in [3.8, 4) is 44.8 Å². The Hall–Kier alpha value is -4.06. The molecule has 2 aliphatic rings. The molecule has 0 saturated heterocycles. The molecule has 7 aromatic rings. The molecule has 0 fully saturated rings. The van der Waals surface area contributed by atoms with Gasteiger partial charge in [0.1, 0.15) is 45.3 Å². The number of aromatic nitrogens is 4. The van der Waals surface area contributed by atoms with Crippen LogP contribution in [0.2, 0.25) is 0 Å². The van der Waals surface area contributed by atoms with Gasteiger partial charge in [0.2, 0.25) is 0 Å². The fourth-order valence-electron chi connectivity index (χ4n) is 16.2. The fraction of sp³-hybridized carbons (Fsp3) is 0.610. The fourth-order valence-corrected chi connectivity index (χ4v) is 18.1. The van der Waals surface area contributed by atoms with Gasteiger partial charge in [-0.25, -0.2) is 27.5 Å². The Bertz CT molecular complexity index is 3200. The van der Waals surface area contributed by atoms with E-state index < -0.39 is 34.1 Å². The zero-order valence-electron chi connectivity index (χ0n) is 57.4. The lowest BCUT2D eigenvalue weighted by Gasteiger charge is -2.33. The topological polar surface area (TPSA) is 51.6 Å². The number of benzene rings is 5. The molecule has 0 aliphatic heterocycles. The summed E-state index contributed by atoms with van der Waals surface area (Å²) < 4.78 is 76.8. The third kappa shape index (κ3) is 18.4. The maximum Gasteiger partial charge on any atom is 0.134 e. The molecule has 0 bridgehead atoms. The Labute approximate surface area is 578 Å². The molecule has 4 nitrogen and oxygen atoms in total. The zero-order valence-corrected chi connectivity index (χ0v) is 61.3. The third-order valence-corrected chi connectivity index (χ3v) is 23.4. The Morgan fingerprint density at radius 2 is 0.591 bits per heavy atom.